The lowest BCUT2D eigenvalue weighted by molar-refractivity contribution is -0.159. The molecule has 0 radical (unpaired) electrons. The van der Waals surface area contributed by atoms with Gasteiger partial charge in [-0.25, -0.2) is 0 Å². The zero-order chi connectivity index (χ0) is 21.8. The number of hydrogen-bond donors (Lipinski definition) is 0. The molecular weight excluding hydrogens is 372 g/mol. The Hall–Kier alpha value is -1.38. The van der Waals surface area contributed by atoms with Crippen molar-refractivity contribution in [2.75, 3.05) is 0 Å². The summed E-state index contributed by atoms with van der Waals surface area (Å²) in [6, 6.07) is 0. The van der Waals surface area contributed by atoms with Gasteiger partial charge in [-0.05, 0) is 73.7 Å². The Balaban J connectivity index is 1.57. The number of hydrogen-bond acceptors (Lipinski definition) is 3. The minimum atomic E-state index is -0.264. The van der Waals surface area contributed by atoms with Crippen LogP contribution in [0.3, 0.4) is 0 Å². The second-order valence-corrected chi connectivity index (χ2v) is 11.5. The Morgan fingerprint density at radius 3 is 2.53 bits per heavy atom. The van der Waals surface area contributed by atoms with Gasteiger partial charge in [0.2, 0.25) is 0 Å². The van der Waals surface area contributed by atoms with Crippen LogP contribution in [0.4, 0.5) is 0 Å². The van der Waals surface area contributed by atoms with Gasteiger partial charge < -0.3 is 4.74 Å². The Labute approximate surface area is 182 Å². The summed E-state index contributed by atoms with van der Waals surface area (Å²) in [6.07, 6.45) is 8.68. The third kappa shape index (κ3) is 3.31. The maximum Gasteiger partial charge on any atom is 0.315 e. The molecule has 0 spiro atoms. The van der Waals surface area contributed by atoms with Crippen molar-refractivity contribution in [3.05, 3.63) is 23.5 Å². The lowest BCUT2D eigenvalue weighted by Crippen LogP contribution is -2.49. The van der Waals surface area contributed by atoms with Gasteiger partial charge in [0.05, 0.1) is 5.92 Å². The zero-order valence-corrected chi connectivity index (χ0v) is 19.7. The van der Waals surface area contributed by atoms with E-state index in [9.17, 15) is 9.59 Å². The van der Waals surface area contributed by atoms with Crippen LogP contribution in [0.5, 0.6) is 0 Å². The monoisotopic (exact) mass is 412 g/mol. The van der Waals surface area contributed by atoms with E-state index < -0.39 is 0 Å². The van der Waals surface area contributed by atoms with E-state index >= 15 is 0 Å². The van der Waals surface area contributed by atoms with Gasteiger partial charge in [-0.3, -0.25) is 9.59 Å². The van der Waals surface area contributed by atoms with E-state index in [4.69, 9.17) is 4.74 Å². The summed E-state index contributed by atoms with van der Waals surface area (Å²) in [5.41, 5.74) is 2.79. The van der Waals surface area contributed by atoms with Crippen molar-refractivity contribution in [3.63, 3.8) is 0 Å². The first-order chi connectivity index (χ1) is 14.1. The van der Waals surface area contributed by atoms with Gasteiger partial charge in [0.1, 0.15) is 11.5 Å². The third-order valence-corrected chi connectivity index (χ3v) is 9.67. The van der Waals surface area contributed by atoms with Crippen LogP contribution in [-0.2, 0) is 14.3 Å². The highest BCUT2D eigenvalue weighted by Gasteiger charge is 2.59. The fourth-order valence-corrected chi connectivity index (χ4v) is 7.33. The van der Waals surface area contributed by atoms with Crippen molar-refractivity contribution in [1.29, 1.82) is 0 Å². The quantitative estimate of drug-likeness (QED) is 0.376. The minimum absolute atomic E-state index is 0.140. The predicted octanol–water partition coefficient (Wildman–Crippen LogP) is 6.63. The number of rotatable bonds is 5. The van der Waals surface area contributed by atoms with Crippen LogP contribution in [0.2, 0.25) is 0 Å². The summed E-state index contributed by atoms with van der Waals surface area (Å²) in [7, 11) is 0. The standard InChI is InChI=1S/C27H40O3/c1-16(2)17(3)7-8-18(4)20-9-10-21-24-22(12-14-26(20,21)5)27(6)13-11-19(28)15-23(27)25(29)30-24/h16,18,20-21,23H,3,7-15H2,1-2,4-6H3/t18-,20-,21+,23-,26?,27?/m1/s1. The molecule has 2 saturated carbocycles. The lowest BCUT2D eigenvalue weighted by Gasteiger charge is -2.52. The molecule has 1 aliphatic heterocycles. The summed E-state index contributed by atoms with van der Waals surface area (Å²) in [4.78, 5) is 25.0. The molecule has 6 atom stereocenters. The molecule has 0 aromatic carbocycles. The van der Waals surface area contributed by atoms with Crippen molar-refractivity contribution < 1.29 is 14.3 Å². The molecule has 0 N–H and O–H groups in total. The van der Waals surface area contributed by atoms with Gasteiger partial charge in [-0.1, -0.05) is 46.8 Å². The average Bonchev–Trinajstić information content (AvgIpc) is 3.04. The third-order valence-electron chi connectivity index (χ3n) is 9.67. The van der Waals surface area contributed by atoms with Gasteiger partial charge in [0.15, 0.2) is 0 Å². The van der Waals surface area contributed by atoms with E-state index in [0.29, 0.717) is 36.5 Å². The Bertz CT molecular complexity index is 790. The predicted molar refractivity (Wildman–Crippen MR) is 120 cm³/mol. The van der Waals surface area contributed by atoms with E-state index in [-0.39, 0.29) is 28.5 Å². The highest BCUT2D eigenvalue weighted by molar-refractivity contribution is 5.88. The van der Waals surface area contributed by atoms with Crippen LogP contribution < -0.4 is 0 Å². The summed E-state index contributed by atoms with van der Waals surface area (Å²) in [6.45, 7) is 15.9. The van der Waals surface area contributed by atoms with Gasteiger partial charge >= 0.3 is 5.97 Å². The van der Waals surface area contributed by atoms with E-state index in [2.05, 4.69) is 41.2 Å². The summed E-state index contributed by atoms with van der Waals surface area (Å²) >= 11 is 0. The van der Waals surface area contributed by atoms with E-state index in [1.807, 2.05) is 0 Å². The van der Waals surface area contributed by atoms with Crippen molar-refractivity contribution in [2.45, 2.75) is 92.4 Å². The minimum Gasteiger partial charge on any atom is -0.431 e. The smallest absolute Gasteiger partial charge is 0.315 e. The van der Waals surface area contributed by atoms with Crippen molar-refractivity contribution in [3.8, 4) is 0 Å². The molecule has 0 aromatic rings. The normalized spacial score (nSPS) is 39.3. The fraction of sp³-hybridized carbons (Fsp3) is 0.778. The van der Waals surface area contributed by atoms with E-state index in [0.717, 1.165) is 31.4 Å². The number of carbonyl (C=O) groups is 2. The molecule has 2 fully saturated rings. The largest absolute Gasteiger partial charge is 0.431 e. The van der Waals surface area contributed by atoms with Crippen molar-refractivity contribution in [1.82, 2.24) is 0 Å². The Kier molecular flexibility index (Phi) is 5.56. The topological polar surface area (TPSA) is 43.4 Å². The number of esters is 1. The lowest BCUT2D eigenvalue weighted by atomic mass is 9.55. The molecule has 1 heterocycles. The Morgan fingerprint density at radius 1 is 1.10 bits per heavy atom. The van der Waals surface area contributed by atoms with Crippen LogP contribution >= 0.6 is 0 Å². The second-order valence-electron chi connectivity index (χ2n) is 11.5. The molecular formula is C27H40O3. The molecule has 0 bridgehead atoms. The number of ketones is 1. The molecule has 30 heavy (non-hydrogen) atoms. The van der Waals surface area contributed by atoms with Gasteiger partial charge in [0.25, 0.3) is 0 Å². The molecule has 0 saturated heterocycles. The molecule has 3 aliphatic carbocycles. The average molecular weight is 413 g/mol. The van der Waals surface area contributed by atoms with Crippen LogP contribution in [0.1, 0.15) is 92.4 Å². The molecule has 166 valence electrons. The number of allylic oxidation sites excluding steroid dienone is 3. The van der Waals surface area contributed by atoms with Gasteiger partial charge in [-0.2, -0.15) is 0 Å². The van der Waals surface area contributed by atoms with Crippen molar-refractivity contribution >= 4 is 11.8 Å². The highest BCUT2D eigenvalue weighted by atomic mass is 16.5. The maximum atomic E-state index is 13.0. The first kappa shape index (κ1) is 21.8. The van der Waals surface area contributed by atoms with E-state index in [1.165, 1.54) is 30.4 Å². The summed E-state index contributed by atoms with van der Waals surface area (Å²) in [5, 5.41) is 0. The molecule has 0 amide bonds. The molecule has 4 rings (SSSR count). The fourth-order valence-electron chi connectivity index (χ4n) is 7.33. The number of ether oxygens (including phenoxy) is 1. The molecule has 3 nitrogen and oxygen atoms in total. The number of carbonyl (C=O) groups excluding carboxylic acids is 2. The first-order valence-electron chi connectivity index (χ1n) is 12.2. The highest BCUT2D eigenvalue weighted by Crippen LogP contribution is 2.64. The molecule has 4 aliphatic rings. The zero-order valence-electron chi connectivity index (χ0n) is 19.7. The molecule has 3 heteroatoms. The molecule has 0 aromatic heterocycles. The van der Waals surface area contributed by atoms with E-state index in [1.54, 1.807) is 0 Å². The summed E-state index contributed by atoms with van der Waals surface area (Å²) < 4.78 is 6.08. The first-order valence-corrected chi connectivity index (χ1v) is 12.2. The van der Waals surface area contributed by atoms with Crippen LogP contribution in [0, 0.1) is 40.4 Å². The van der Waals surface area contributed by atoms with Crippen LogP contribution in [0.15, 0.2) is 23.5 Å². The van der Waals surface area contributed by atoms with Crippen molar-refractivity contribution in [2.24, 2.45) is 40.4 Å². The summed E-state index contributed by atoms with van der Waals surface area (Å²) in [5.74, 6) is 3.09. The van der Waals surface area contributed by atoms with Crippen LogP contribution in [-0.4, -0.2) is 11.8 Å². The Morgan fingerprint density at radius 2 is 1.83 bits per heavy atom. The maximum absolute atomic E-state index is 13.0. The molecule has 2 unspecified atom stereocenters. The number of Topliss-reactive ketones (excluding diaryl/α,β-unsaturated/α-hetero) is 1. The second kappa shape index (κ2) is 7.64. The van der Waals surface area contributed by atoms with Gasteiger partial charge in [-0.15, -0.1) is 0 Å². The van der Waals surface area contributed by atoms with Crippen LogP contribution in [0.25, 0.3) is 0 Å². The SMILES string of the molecule is C=C(CC[C@@H](C)[C@H]1CC[C@H]2C3=C(CCC12C)C1(C)CCC(=O)C[C@@H]1C(=O)O3)C(C)C. The van der Waals surface area contributed by atoms with Gasteiger partial charge in [0, 0.05) is 24.2 Å². The number of fused-ring (bicyclic) bond motifs is 4.